The van der Waals surface area contributed by atoms with Gasteiger partial charge in [0.25, 0.3) is 0 Å². The number of rotatable bonds is 6. The van der Waals surface area contributed by atoms with Crippen molar-refractivity contribution in [2.75, 3.05) is 25.2 Å². The predicted molar refractivity (Wildman–Crippen MR) is 85.8 cm³/mol. The van der Waals surface area contributed by atoms with E-state index in [2.05, 4.69) is 11.9 Å². The Morgan fingerprint density at radius 1 is 1.36 bits per heavy atom. The van der Waals surface area contributed by atoms with Crippen LogP contribution < -0.4 is 9.64 Å². The number of hydrogen-bond acceptors (Lipinski definition) is 4. The van der Waals surface area contributed by atoms with Crippen molar-refractivity contribution in [3.8, 4) is 5.75 Å². The first kappa shape index (κ1) is 16.1. The van der Waals surface area contributed by atoms with E-state index in [1.54, 1.807) is 14.0 Å². The van der Waals surface area contributed by atoms with E-state index in [-0.39, 0.29) is 6.09 Å². The summed E-state index contributed by atoms with van der Waals surface area (Å²) in [5.41, 5.74) is 1.56. The molecule has 2 aromatic heterocycles. The van der Waals surface area contributed by atoms with Crippen molar-refractivity contribution >= 4 is 17.6 Å². The summed E-state index contributed by atoms with van der Waals surface area (Å²) < 4.78 is 12.7. The molecule has 120 valence electrons. The maximum absolute atomic E-state index is 12.0. The highest BCUT2D eigenvalue weighted by Crippen LogP contribution is 2.28. The molecule has 0 saturated heterocycles. The number of ether oxygens (including phenoxy) is 2. The summed E-state index contributed by atoms with van der Waals surface area (Å²) >= 11 is 0. The molecule has 2 rings (SSSR count). The molecule has 0 fully saturated rings. The maximum atomic E-state index is 12.0. The van der Waals surface area contributed by atoms with E-state index in [4.69, 9.17) is 9.47 Å². The van der Waals surface area contributed by atoms with E-state index >= 15 is 0 Å². The Balaban J connectivity index is 2.51. The van der Waals surface area contributed by atoms with E-state index in [0.717, 1.165) is 29.3 Å². The highest BCUT2D eigenvalue weighted by Gasteiger charge is 2.22. The van der Waals surface area contributed by atoms with Crippen LogP contribution in [0.1, 0.15) is 32.9 Å². The number of nitrogens with zero attached hydrogens (tertiary/aromatic N) is 3. The molecule has 2 aromatic rings. The summed E-state index contributed by atoms with van der Waals surface area (Å²) in [5.74, 6) is 1.44. The lowest BCUT2D eigenvalue weighted by Gasteiger charge is -2.17. The minimum atomic E-state index is -0.390. The summed E-state index contributed by atoms with van der Waals surface area (Å²) in [6.07, 6.45) is 3.14. The van der Waals surface area contributed by atoms with Gasteiger partial charge in [0.1, 0.15) is 5.82 Å². The third-order valence-corrected chi connectivity index (χ3v) is 3.31. The Morgan fingerprint density at radius 2 is 2.14 bits per heavy atom. The Labute approximate surface area is 130 Å². The minimum Gasteiger partial charge on any atom is -0.490 e. The zero-order valence-corrected chi connectivity index (χ0v) is 13.6. The van der Waals surface area contributed by atoms with Gasteiger partial charge in [-0.15, -0.1) is 0 Å². The minimum absolute atomic E-state index is 0.340. The SMILES string of the molecule is CCCOc1cccn2c(N(C)C(=O)OCC)c(CC)nc12. The lowest BCUT2D eigenvalue weighted by molar-refractivity contribution is 0.161. The summed E-state index contributed by atoms with van der Waals surface area (Å²) in [5, 5.41) is 0. The number of aryl methyl sites for hydroxylation is 1. The molecule has 0 aromatic carbocycles. The van der Waals surface area contributed by atoms with Gasteiger partial charge in [-0.25, -0.2) is 9.78 Å². The van der Waals surface area contributed by atoms with Crippen molar-refractivity contribution in [2.45, 2.75) is 33.6 Å². The molecule has 0 saturated carbocycles. The number of anilines is 1. The van der Waals surface area contributed by atoms with Crippen molar-refractivity contribution in [3.63, 3.8) is 0 Å². The van der Waals surface area contributed by atoms with E-state index < -0.39 is 0 Å². The monoisotopic (exact) mass is 305 g/mol. The number of amides is 1. The highest BCUT2D eigenvalue weighted by atomic mass is 16.6. The number of fused-ring (bicyclic) bond motifs is 1. The standard InChI is InChI=1S/C16H23N3O3/c1-5-11-22-13-9-8-10-19-14(13)17-12(6-2)15(19)18(4)16(20)21-7-3/h8-10H,5-7,11H2,1-4H3. The second kappa shape index (κ2) is 7.15. The second-order valence-corrected chi connectivity index (χ2v) is 4.91. The van der Waals surface area contributed by atoms with Crippen molar-refractivity contribution in [3.05, 3.63) is 24.0 Å². The van der Waals surface area contributed by atoms with Gasteiger partial charge in [-0.1, -0.05) is 13.8 Å². The molecule has 0 aliphatic heterocycles. The van der Waals surface area contributed by atoms with Crippen LogP contribution in [0.4, 0.5) is 10.6 Å². The fourth-order valence-electron chi connectivity index (χ4n) is 2.30. The summed E-state index contributed by atoms with van der Waals surface area (Å²) in [6.45, 7) is 6.83. The summed E-state index contributed by atoms with van der Waals surface area (Å²) in [7, 11) is 1.69. The van der Waals surface area contributed by atoms with Crippen LogP contribution in [0.2, 0.25) is 0 Å². The fraction of sp³-hybridized carbons (Fsp3) is 0.500. The zero-order valence-electron chi connectivity index (χ0n) is 13.6. The Morgan fingerprint density at radius 3 is 2.77 bits per heavy atom. The van der Waals surface area contributed by atoms with Gasteiger partial charge in [-0.05, 0) is 31.9 Å². The molecule has 0 spiro atoms. The van der Waals surface area contributed by atoms with Crippen LogP contribution in [-0.2, 0) is 11.2 Å². The van der Waals surface area contributed by atoms with E-state index in [9.17, 15) is 4.79 Å². The number of imidazole rings is 1. The summed E-state index contributed by atoms with van der Waals surface area (Å²) in [6, 6.07) is 3.78. The van der Waals surface area contributed by atoms with E-state index in [1.807, 2.05) is 29.7 Å². The molecule has 0 radical (unpaired) electrons. The molecule has 1 amide bonds. The third kappa shape index (κ3) is 3.00. The Hall–Kier alpha value is -2.24. The Kier molecular flexibility index (Phi) is 5.25. The molecule has 6 heteroatoms. The number of carbonyl (C=O) groups is 1. The summed E-state index contributed by atoms with van der Waals surface area (Å²) in [4.78, 5) is 18.2. The number of pyridine rings is 1. The topological polar surface area (TPSA) is 56.1 Å². The van der Waals surface area contributed by atoms with Crippen molar-refractivity contribution in [1.29, 1.82) is 0 Å². The van der Waals surface area contributed by atoms with Crippen LogP contribution in [0, 0.1) is 0 Å². The van der Waals surface area contributed by atoms with Gasteiger partial charge in [0.05, 0.1) is 18.9 Å². The first-order chi connectivity index (χ1) is 10.6. The zero-order chi connectivity index (χ0) is 16.1. The number of hydrogen-bond donors (Lipinski definition) is 0. The molecule has 22 heavy (non-hydrogen) atoms. The fourth-order valence-corrected chi connectivity index (χ4v) is 2.30. The van der Waals surface area contributed by atoms with Crippen molar-refractivity contribution in [1.82, 2.24) is 9.38 Å². The van der Waals surface area contributed by atoms with Crippen LogP contribution in [-0.4, -0.2) is 35.7 Å². The van der Waals surface area contributed by atoms with Gasteiger partial charge >= 0.3 is 6.09 Å². The van der Waals surface area contributed by atoms with E-state index in [1.165, 1.54) is 4.90 Å². The van der Waals surface area contributed by atoms with Gasteiger partial charge in [-0.2, -0.15) is 0 Å². The van der Waals surface area contributed by atoms with Gasteiger partial charge in [-0.3, -0.25) is 9.30 Å². The van der Waals surface area contributed by atoms with Crippen LogP contribution in [0.3, 0.4) is 0 Å². The van der Waals surface area contributed by atoms with Crippen molar-refractivity contribution in [2.24, 2.45) is 0 Å². The van der Waals surface area contributed by atoms with Gasteiger partial charge in [0.2, 0.25) is 0 Å². The largest absolute Gasteiger partial charge is 0.490 e. The molecule has 2 heterocycles. The van der Waals surface area contributed by atoms with Crippen LogP contribution >= 0.6 is 0 Å². The van der Waals surface area contributed by atoms with Gasteiger partial charge < -0.3 is 9.47 Å². The molecular weight excluding hydrogens is 282 g/mol. The lowest BCUT2D eigenvalue weighted by Crippen LogP contribution is -2.29. The smallest absolute Gasteiger partial charge is 0.415 e. The molecule has 6 nitrogen and oxygen atoms in total. The predicted octanol–water partition coefficient (Wildman–Crippen LogP) is 3.28. The molecule has 0 bridgehead atoms. The molecule has 0 aliphatic carbocycles. The molecule has 0 unspecified atom stereocenters. The molecule has 0 N–H and O–H groups in total. The van der Waals surface area contributed by atoms with Crippen LogP contribution in [0.25, 0.3) is 5.65 Å². The van der Waals surface area contributed by atoms with Gasteiger partial charge in [0, 0.05) is 13.2 Å². The molecule has 0 aliphatic rings. The van der Waals surface area contributed by atoms with Gasteiger partial charge in [0.15, 0.2) is 11.4 Å². The average molecular weight is 305 g/mol. The first-order valence-electron chi connectivity index (χ1n) is 7.67. The molecular formula is C16H23N3O3. The molecule has 0 atom stereocenters. The van der Waals surface area contributed by atoms with E-state index in [0.29, 0.717) is 19.6 Å². The van der Waals surface area contributed by atoms with Crippen LogP contribution in [0.5, 0.6) is 5.75 Å². The number of carbonyl (C=O) groups excluding carboxylic acids is 1. The normalized spacial score (nSPS) is 10.7. The highest BCUT2D eigenvalue weighted by molar-refractivity contribution is 5.87. The quantitative estimate of drug-likeness (QED) is 0.822. The Bertz CT molecular complexity index is 651. The number of aromatic nitrogens is 2. The van der Waals surface area contributed by atoms with Crippen LogP contribution in [0.15, 0.2) is 18.3 Å². The third-order valence-electron chi connectivity index (χ3n) is 3.31. The average Bonchev–Trinajstić information content (AvgIpc) is 2.91. The maximum Gasteiger partial charge on any atom is 0.415 e. The van der Waals surface area contributed by atoms with Crippen molar-refractivity contribution < 1.29 is 14.3 Å². The second-order valence-electron chi connectivity index (χ2n) is 4.91. The first-order valence-corrected chi connectivity index (χ1v) is 7.67. The lowest BCUT2D eigenvalue weighted by atomic mass is 10.3.